The van der Waals surface area contributed by atoms with Gasteiger partial charge in [0, 0.05) is 5.39 Å². The third-order valence-corrected chi connectivity index (χ3v) is 5.41. The lowest BCUT2D eigenvalue weighted by molar-refractivity contribution is -0.119. The first-order chi connectivity index (χ1) is 14.3. The van der Waals surface area contributed by atoms with Crippen LogP contribution in [0.15, 0.2) is 71.8 Å². The van der Waals surface area contributed by atoms with Crippen molar-refractivity contribution >= 4 is 44.6 Å². The van der Waals surface area contributed by atoms with Gasteiger partial charge in [-0.15, -0.1) is 0 Å². The van der Waals surface area contributed by atoms with Crippen molar-refractivity contribution in [2.45, 2.75) is 0 Å². The number of anilines is 1. The van der Waals surface area contributed by atoms with E-state index in [1.54, 1.807) is 24.3 Å². The number of nitrogens with one attached hydrogen (secondary N) is 1. The molecule has 0 aliphatic carbocycles. The number of nitrogens with zero attached hydrogens (tertiary/aromatic N) is 2. The molecule has 0 aliphatic heterocycles. The summed E-state index contributed by atoms with van der Waals surface area (Å²) in [6.45, 7) is -0.442. The Bertz CT molecular complexity index is 1220. The van der Waals surface area contributed by atoms with Gasteiger partial charge in [-0.3, -0.25) is 9.10 Å². The maximum absolute atomic E-state index is 12.4. The number of benzene rings is 3. The molecule has 0 fully saturated rings. The van der Waals surface area contributed by atoms with Crippen LogP contribution in [0.5, 0.6) is 0 Å². The van der Waals surface area contributed by atoms with Gasteiger partial charge in [0.25, 0.3) is 5.91 Å². The molecule has 0 spiro atoms. The molecule has 0 unspecified atom stereocenters. The lowest BCUT2D eigenvalue weighted by Gasteiger charge is -2.23. The fourth-order valence-corrected chi connectivity index (χ4v) is 3.73. The monoisotopic (exact) mass is 425 g/mol. The molecular weight excluding hydrogens is 406 g/mol. The second kappa shape index (κ2) is 8.75. The van der Waals surface area contributed by atoms with Crippen molar-refractivity contribution < 1.29 is 23.1 Å². The highest BCUT2D eigenvalue weighted by Crippen LogP contribution is 2.28. The lowest BCUT2D eigenvalue weighted by atomic mass is 10.1. The smallest absolute Gasteiger partial charge is 0.335 e. The molecule has 2 N–H and O–H groups in total. The molecule has 8 nitrogen and oxygen atoms in total. The molecule has 0 atom stereocenters. The molecule has 3 aromatic carbocycles. The first-order valence-electron chi connectivity index (χ1n) is 8.86. The van der Waals surface area contributed by atoms with Crippen LogP contribution in [-0.4, -0.2) is 44.4 Å². The van der Waals surface area contributed by atoms with Crippen LogP contribution in [0.1, 0.15) is 15.9 Å². The molecule has 9 heteroatoms. The van der Waals surface area contributed by atoms with Crippen LogP contribution in [0, 0.1) is 0 Å². The van der Waals surface area contributed by atoms with E-state index in [4.69, 9.17) is 5.11 Å². The third-order valence-electron chi connectivity index (χ3n) is 4.28. The molecule has 30 heavy (non-hydrogen) atoms. The van der Waals surface area contributed by atoms with Crippen molar-refractivity contribution in [1.29, 1.82) is 0 Å². The minimum absolute atomic E-state index is 0.134. The van der Waals surface area contributed by atoms with Gasteiger partial charge in [-0.1, -0.05) is 48.5 Å². The van der Waals surface area contributed by atoms with Gasteiger partial charge in [0.2, 0.25) is 10.0 Å². The highest BCUT2D eigenvalue weighted by atomic mass is 32.2. The molecule has 154 valence electrons. The summed E-state index contributed by atoms with van der Waals surface area (Å²) in [5.41, 5.74) is 3.41. The van der Waals surface area contributed by atoms with Gasteiger partial charge in [0.05, 0.1) is 23.7 Å². The second-order valence-corrected chi connectivity index (χ2v) is 8.40. The molecule has 1 amide bonds. The quantitative estimate of drug-likeness (QED) is 0.446. The summed E-state index contributed by atoms with van der Waals surface area (Å²) < 4.78 is 25.7. The number of carbonyl (C=O) groups excluding carboxylic acids is 1. The summed E-state index contributed by atoms with van der Waals surface area (Å²) in [6, 6.07) is 18.4. The first kappa shape index (κ1) is 21.0. The van der Waals surface area contributed by atoms with Crippen LogP contribution in [0.25, 0.3) is 10.8 Å². The standard InChI is InChI=1S/C21H19N3O5S/c1-30(28,29)24(19-8-4-6-16-5-2-3-7-18(16)19)14-20(25)23-22-13-15-9-11-17(12-10-15)21(26)27/h2-13H,14H2,1H3,(H,23,25)(H,26,27)/b22-13-. The molecule has 0 heterocycles. The van der Waals surface area contributed by atoms with E-state index in [1.807, 2.05) is 18.2 Å². The van der Waals surface area contributed by atoms with Gasteiger partial charge < -0.3 is 5.11 Å². The predicted octanol–water partition coefficient (Wildman–Crippen LogP) is 2.45. The number of aromatic carboxylic acids is 1. The van der Waals surface area contributed by atoms with E-state index in [0.29, 0.717) is 16.6 Å². The normalized spacial score (nSPS) is 11.5. The fraction of sp³-hybridized carbons (Fsp3) is 0.0952. The maximum atomic E-state index is 12.4. The zero-order valence-corrected chi connectivity index (χ0v) is 16.8. The Hall–Kier alpha value is -3.72. The topological polar surface area (TPSA) is 116 Å². The van der Waals surface area contributed by atoms with Gasteiger partial charge >= 0.3 is 5.97 Å². The van der Waals surface area contributed by atoms with Gasteiger partial charge in [-0.2, -0.15) is 5.10 Å². The number of sulfonamides is 1. The average molecular weight is 425 g/mol. The van der Waals surface area contributed by atoms with Crippen LogP contribution in [-0.2, 0) is 14.8 Å². The van der Waals surface area contributed by atoms with E-state index in [-0.39, 0.29) is 5.56 Å². The van der Waals surface area contributed by atoms with Crippen LogP contribution < -0.4 is 9.73 Å². The average Bonchev–Trinajstić information content (AvgIpc) is 2.71. The number of amides is 1. The number of fused-ring (bicyclic) bond motifs is 1. The van der Waals surface area contributed by atoms with Crippen molar-refractivity contribution in [3.63, 3.8) is 0 Å². The maximum Gasteiger partial charge on any atom is 0.335 e. The molecule has 0 aliphatic rings. The van der Waals surface area contributed by atoms with E-state index in [2.05, 4.69) is 10.5 Å². The summed E-state index contributed by atoms with van der Waals surface area (Å²) in [5.74, 6) is -1.66. The van der Waals surface area contributed by atoms with E-state index < -0.39 is 28.4 Å². The van der Waals surface area contributed by atoms with Gasteiger partial charge in [-0.05, 0) is 29.1 Å². The SMILES string of the molecule is CS(=O)(=O)N(CC(=O)N/N=C\c1ccc(C(=O)O)cc1)c1cccc2ccccc12. The van der Waals surface area contributed by atoms with Gasteiger partial charge in [0.15, 0.2) is 0 Å². The molecule has 0 bridgehead atoms. The van der Waals surface area contributed by atoms with Crippen LogP contribution in [0.3, 0.4) is 0 Å². The summed E-state index contributed by atoms with van der Waals surface area (Å²) in [6.07, 6.45) is 2.38. The van der Waals surface area contributed by atoms with E-state index in [9.17, 15) is 18.0 Å². The summed E-state index contributed by atoms with van der Waals surface area (Å²) in [4.78, 5) is 23.2. The minimum atomic E-state index is -3.73. The lowest BCUT2D eigenvalue weighted by Crippen LogP contribution is -2.39. The van der Waals surface area contributed by atoms with Crippen molar-refractivity contribution in [1.82, 2.24) is 5.43 Å². The molecule has 0 saturated heterocycles. The fourth-order valence-electron chi connectivity index (χ4n) is 2.86. The van der Waals surface area contributed by atoms with Crippen molar-refractivity contribution in [3.05, 3.63) is 77.9 Å². The zero-order chi connectivity index (χ0) is 21.7. The summed E-state index contributed by atoms with van der Waals surface area (Å²) >= 11 is 0. The first-order valence-corrected chi connectivity index (χ1v) is 10.7. The predicted molar refractivity (Wildman–Crippen MR) is 115 cm³/mol. The molecular formula is C21H19N3O5S. The molecule has 3 aromatic rings. The summed E-state index contributed by atoms with van der Waals surface area (Å²) in [7, 11) is -3.73. The third kappa shape index (κ3) is 5.00. The van der Waals surface area contributed by atoms with Crippen molar-refractivity contribution in [2.75, 3.05) is 17.1 Å². The summed E-state index contributed by atoms with van der Waals surface area (Å²) in [5, 5.41) is 14.3. The van der Waals surface area contributed by atoms with Gasteiger partial charge in [0.1, 0.15) is 6.54 Å². The molecule has 3 rings (SSSR count). The number of carbonyl (C=O) groups is 2. The van der Waals surface area contributed by atoms with Crippen molar-refractivity contribution in [3.8, 4) is 0 Å². The van der Waals surface area contributed by atoms with Crippen LogP contribution >= 0.6 is 0 Å². The Morgan fingerprint density at radius 1 is 1.03 bits per heavy atom. The second-order valence-electron chi connectivity index (χ2n) is 6.49. The Morgan fingerprint density at radius 2 is 1.70 bits per heavy atom. The number of hydrogen-bond acceptors (Lipinski definition) is 5. The number of hydrazone groups is 1. The Morgan fingerprint density at radius 3 is 2.37 bits per heavy atom. The number of carboxylic acids is 1. The van der Waals surface area contributed by atoms with E-state index in [0.717, 1.165) is 15.9 Å². The van der Waals surface area contributed by atoms with E-state index >= 15 is 0 Å². The number of carboxylic acid groups (broad SMARTS) is 1. The van der Waals surface area contributed by atoms with Crippen molar-refractivity contribution in [2.24, 2.45) is 5.10 Å². The largest absolute Gasteiger partial charge is 0.478 e. The Balaban J connectivity index is 1.76. The Labute approximate surface area is 173 Å². The Kier molecular flexibility index (Phi) is 6.12. The molecule has 0 aromatic heterocycles. The minimum Gasteiger partial charge on any atom is -0.478 e. The number of hydrogen-bond donors (Lipinski definition) is 2. The van der Waals surface area contributed by atoms with Crippen LogP contribution in [0.2, 0.25) is 0 Å². The highest BCUT2D eigenvalue weighted by molar-refractivity contribution is 7.92. The zero-order valence-electron chi connectivity index (χ0n) is 16.0. The van der Waals surface area contributed by atoms with E-state index in [1.165, 1.54) is 30.5 Å². The molecule has 0 saturated carbocycles. The number of rotatable bonds is 7. The van der Waals surface area contributed by atoms with Crippen LogP contribution in [0.4, 0.5) is 5.69 Å². The highest BCUT2D eigenvalue weighted by Gasteiger charge is 2.22. The molecule has 0 radical (unpaired) electrons. The van der Waals surface area contributed by atoms with Gasteiger partial charge in [-0.25, -0.2) is 18.6 Å².